The molecule has 0 amide bonds. The Labute approximate surface area is 101 Å². The van der Waals surface area contributed by atoms with Gasteiger partial charge in [0.25, 0.3) is 0 Å². The summed E-state index contributed by atoms with van der Waals surface area (Å²) in [5.74, 6) is 0.845. The van der Waals surface area contributed by atoms with E-state index < -0.39 is 0 Å². The molecule has 2 heterocycles. The van der Waals surface area contributed by atoms with Gasteiger partial charge in [-0.2, -0.15) is 0 Å². The van der Waals surface area contributed by atoms with Gasteiger partial charge >= 0.3 is 0 Å². The number of aryl methyl sites for hydroxylation is 1. The van der Waals surface area contributed by atoms with Crippen LogP contribution in [0.15, 0.2) is 35.1 Å². The fourth-order valence-corrected chi connectivity index (χ4v) is 1.64. The van der Waals surface area contributed by atoms with Gasteiger partial charge < -0.3 is 14.5 Å². The van der Waals surface area contributed by atoms with Crippen molar-refractivity contribution < 1.29 is 9.15 Å². The fraction of sp³-hybridized carbons (Fsp3) is 0.308. The van der Waals surface area contributed by atoms with Crippen molar-refractivity contribution in [2.24, 2.45) is 0 Å². The van der Waals surface area contributed by atoms with Crippen LogP contribution in [0.1, 0.15) is 17.0 Å². The minimum Gasteiger partial charge on any atom is -0.497 e. The van der Waals surface area contributed by atoms with Gasteiger partial charge in [0.1, 0.15) is 5.75 Å². The van der Waals surface area contributed by atoms with Gasteiger partial charge in [-0.15, -0.1) is 0 Å². The number of ether oxygens (including phenoxy) is 1. The molecule has 2 aromatic heterocycles. The molecule has 2 aromatic rings. The number of methoxy groups -OCH3 is 1. The second-order valence-electron chi connectivity index (χ2n) is 3.87. The second-order valence-corrected chi connectivity index (χ2v) is 3.87. The number of furan rings is 1. The van der Waals surface area contributed by atoms with Crippen molar-refractivity contribution in [1.82, 2.24) is 10.3 Å². The smallest absolute Gasteiger partial charge is 0.122 e. The molecule has 0 aliphatic rings. The number of pyridine rings is 1. The highest BCUT2D eigenvalue weighted by molar-refractivity contribution is 5.26. The lowest BCUT2D eigenvalue weighted by Crippen LogP contribution is -2.13. The molecule has 0 saturated carbocycles. The van der Waals surface area contributed by atoms with Crippen LogP contribution < -0.4 is 10.1 Å². The zero-order valence-corrected chi connectivity index (χ0v) is 10.1. The van der Waals surface area contributed by atoms with E-state index in [0.717, 1.165) is 29.2 Å². The largest absolute Gasteiger partial charge is 0.497 e. The quantitative estimate of drug-likeness (QED) is 0.859. The van der Waals surface area contributed by atoms with Gasteiger partial charge in [-0.3, -0.25) is 4.98 Å². The van der Waals surface area contributed by atoms with Crippen molar-refractivity contribution in [3.05, 3.63) is 47.7 Å². The molecule has 0 aromatic carbocycles. The summed E-state index contributed by atoms with van der Waals surface area (Å²) in [4.78, 5) is 4.43. The van der Waals surface area contributed by atoms with Gasteiger partial charge in [-0.1, -0.05) is 0 Å². The van der Waals surface area contributed by atoms with E-state index in [9.17, 15) is 0 Å². The Balaban J connectivity index is 1.92. The fourth-order valence-electron chi connectivity index (χ4n) is 1.64. The molecular formula is C13H16N2O2. The first-order valence-electron chi connectivity index (χ1n) is 5.51. The van der Waals surface area contributed by atoms with Crippen LogP contribution in [0.3, 0.4) is 0 Å². The van der Waals surface area contributed by atoms with Crippen LogP contribution in [0.25, 0.3) is 0 Å². The van der Waals surface area contributed by atoms with E-state index in [1.165, 1.54) is 0 Å². The van der Waals surface area contributed by atoms with Crippen molar-refractivity contribution in [2.75, 3.05) is 7.11 Å². The van der Waals surface area contributed by atoms with E-state index in [-0.39, 0.29) is 0 Å². The van der Waals surface area contributed by atoms with E-state index in [2.05, 4.69) is 10.3 Å². The summed E-state index contributed by atoms with van der Waals surface area (Å²) >= 11 is 0. The first-order chi connectivity index (χ1) is 8.28. The average Bonchev–Trinajstić information content (AvgIpc) is 2.81. The number of aromatic nitrogens is 1. The van der Waals surface area contributed by atoms with Crippen LogP contribution in [0.5, 0.6) is 5.75 Å². The van der Waals surface area contributed by atoms with E-state index in [1.807, 2.05) is 25.1 Å². The molecule has 4 heteroatoms. The Morgan fingerprint density at radius 1 is 1.35 bits per heavy atom. The number of rotatable bonds is 5. The summed E-state index contributed by atoms with van der Waals surface area (Å²) in [5, 5.41) is 3.30. The van der Waals surface area contributed by atoms with Crippen LogP contribution in [-0.4, -0.2) is 12.1 Å². The third-order valence-electron chi connectivity index (χ3n) is 2.43. The first kappa shape index (κ1) is 11.7. The zero-order valence-electron chi connectivity index (χ0n) is 10.1. The maximum Gasteiger partial charge on any atom is 0.122 e. The molecule has 0 fully saturated rings. The van der Waals surface area contributed by atoms with Crippen LogP contribution in [-0.2, 0) is 13.1 Å². The number of nitrogens with zero attached hydrogens (tertiary/aromatic N) is 1. The monoisotopic (exact) mass is 232 g/mol. The van der Waals surface area contributed by atoms with Crippen LogP contribution >= 0.6 is 0 Å². The molecule has 0 radical (unpaired) electrons. The molecule has 0 bridgehead atoms. The van der Waals surface area contributed by atoms with Gasteiger partial charge in [0.2, 0.25) is 0 Å². The molecule has 0 unspecified atom stereocenters. The number of hydrogen-bond acceptors (Lipinski definition) is 4. The van der Waals surface area contributed by atoms with Gasteiger partial charge in [0.15, 0.2) is 0 Å². The predicted octanol–water partition coefficient (Wildman–Crippen LogP) is 2.28. The van der Waals surface area contributed by atoms with Crippen molar-refractivity contribution in [3.63, 3.8) is 0 Å². The van der Waals surface area contributed by atoms with Crippen LogP contribution in [0, 0.1) is 6.92 Å². The lowest BCUT2D eigenvalue weighted by Gasteiger charge is -2.06. The summed E-state index contributed by atoms with van der Waals surface area (Å²) in [6.45, 7) is 3.44. The second kappa shape index (κ2) is 5.50. The Hall–Kier alpha value is -1.81. The lowest BCUT2D eigenvalue weighted by atomic mass is 10.2. The van der Waals surface area contributed by atoms with Crippen molar-refractivity contribution in [1.29, 1.82) is 0 Å². The molecule has 4 nitrogen and oxygen atoms in total. The predicted molar refractivity (Wildman–Crippen MR) is 64.8 cm³/mol. The summed E-state index contributed by atoms with van der Waals surface area (Å²) in [5.41, 5.74) is 3.07. The minimum atomic E-state index is 0.712. The third kappa shape index (κ3) is 3.32. The molecule has 90 valence electrons. The van der Waals surface area contributed by atoms with Crippen LogP contribution in [0.4, 0.5) is 0 Å². The third-order valence-corrected chi connectivity index (χ3v) is 2.43. The Morgan fingerprint density at radius 2 is 2.24 bits per heavy atom. The van der Waals surface area contributed by atoms with Gasteiger partial charge in [0, 0.05) is 36.5 Å². The number of nitrogens with one attached hydrogen (secondary N) is 1. The molecule has 0 atom stereocenters. The van der Waals surface area contributed by atoms with Gasteiger partial charge in [0.05, 0.1) is 25.3 Å². The Morgan fingerprint density at radius 3 is 2.94 bits per heavy atom. The topological polar surface area (TPSA) is 47.3 Å². The van der Waals surface area contributed by atoms with Crippen molar-refractivity contribution >= 4 is 0 Å². The SMILES string of the molecule is COc1cc(C)nc(CNCc2ccoc2)c1. The molecular weight excluding hydrogens is 216 g/mol. The van der Waals surface area contributed by atoms with Gasteiger partial charge in [-0.25, -0.2) is 0 Å². The van der Waals surface area contributed by atoms with Crippen LogP contribution in [0.2, 0.25) is 0 Å². The maximum atomic E-state index is 5.21. The van der Waals surface area contributed by atoms with E-state index in [0.29, 0.717) is 6.54 Å². The van der Waals surface area contributed by atoms with E-state index in [1.54, 1.807) is 19.6 Å². The summed E-state index contributed by atoms with van der Waals surface area (Å²) < 4.78 is 10.2. The summed E-state index contributed by atoms with van der Waals surface area (Å²) in [7, 11) is 1.66. The summed E-state index contributed by atoms with van der Waals surface area (Å²) in [6.07, 6.45) is 3.40. The highest BCUT2D eigenvalue weighted by Gasteiger charge is 2.00. The number of hydrogen-bond donors (Lipinski definition) is 1. The minimum absolute atomic E-state index is 0.712. The first-order valence-corrected chi connectivity index (χ1v) is 5.51. The maximum absolute atomic E-state index is 5.21. The van der Waals surface area contributed by atoms with E-state index in [4.69, 9.17) is 9.15 Å². The van der Waals surface area contributed by atoms with Crippen molar-refractivity contribution in [3.8, 4) is 5.75 Å². The molecule has 0 aliphatic heterocycles. The standard InChI is InChI=1S/C13H16N2O2/c1-10-5-13(16-2)6-12(15-10)8-14-7-11-3-4-17-9-11/h3-6,9,14H,7-8H2,1-2H3. The highest BCUT2D eigenvalue weighted by atomic mass is 16.5. The zero-order chi connectivity index (χ0) is 12.1. The van der Waals surface area contributed by atoms with E-state index >= 15 is 0 Å². The Bertz CT molecular complexity index is 466. The molecule has 2 rings (SSSR count). The molecule has 0 aliphatic carbocycles. The molecule has 0 saturated heterocycles. The Kier molecular flexibility index (Phi) is 3.77. The summed E-state index contributed by atoms with van der Waals surface area (Å²) in [6, 6.07) is 5.80. The van der Waals surface area contributed by atoms with Gasteiger partial charge in [-0.05, 0) is 13.0 Å². The molecule has 0 spiro atoms. The highest BCUT2D eigenvalue weighted by Crippen LogP contribution is 2.13. The average molecular weight is 232 g/mol. The molecule has 1 N–H and O–H groups in total. The molecule has 17 heavy (non-hydrogen) atoms. The van der Waals surface area contributed by atoms with Crippen molar-refractivity contribution in [2.45, 2.75) is 20.0 Å². The lowest BCUT2D eigenvalue weighted by molar-refractivity contribution is 0.412. The normalized spacial score (nSPS) is 10.5.